The number of phenolic OH excluding ortho intramolecular Hbond substituents is 1. The number of oxazole rings is 1. The van der Waals surface area contributed by atoms with E-state index in [-0.39, 0.29) is 22.9 Å². The van der Waals surface area contributed by atoms with Crippen molar-refractivity contribution in [2.75, 3.05) is 7.11 Å². The number of phenols is 1. The summed E-state index contributed by atoms with van der Waals surface area (Å²) in [4.78, 5) is 24.0. The molecule has 3 heterocycles. The molecule has 194 valence electrons. The normalized spacial score (nSPS) is 16.2. The summed E-state index contributed by atoms with van der Waals surface area (Å²) < 4.78 is 13.7. The van der Waals surface area contributed by atoms with Gasteiger partial charge in [-0.15, -0.1) is 11.3 Å². The topological polar surface area (TPSA) is 90.4 Å². The molecule has 0 bridgehead atoms. The third kappa shape index (κ3) is 3.81. The number of aromatic hydroxyl groups is 1. The zero-order chi connectivity index (χ0) is 26.0. The number of ether oxygens (including phenoxy) is 1. The minimum absolute atomic E-state index is 0.0264. The predicted molar refractivity (Wildman–Crippen MR) is 149 cm³/mol. The van der Waals surface area contributed by atoms with E-state index < -0.39 is 0 Å². The van der Waals surface area contributed by atoms with E-state index in [1.54, 1.807) is 30.0 Å². The number of fused-ring (bicyclic) bond motifs is 3. The van der Waals surface area contributed by atoms with Crippen molar-refractivity contribution in [1.82, 2.24) is 14.5 Å². The first-order valence-electron chi connectivity index (χ1n) is 13.0. The highest BCUT2D eigenvalue weighted by Crippen LogP contribution is 2.49. The van der Waals surface area contributed by atoms with E-state index >= 15 is 0 Å². The van der Waals surface area contributed by atoms with Crippen LogP contribution in [0.2, 0.25) is 5.02 Å². The summed E-state index contributed by atoms with van der Waals surface area (Å²) in [6.07, 6.45) is 9.87. The lowest BCUT2D eigenvalue weighted by Crippen LogP contribution is -2.24. The molecule has 0 radical (unpaired) electrons. The average Bonchev–Trinajstić information content (AvgIpc) is 3.29. The van der Waals surface area contributed by atoms with Crippen LogP contribution in [0.3, 0.4) is 0 Å². The van der Waals surface area contributed by atoms with Crippen LogP contribution >= 0.6 is 22.9 Å². The molecule has 0 aliphatic heterocycles. The SMILES string of the molecule is COc1cc(C2CC2)c(-c2nc3sc4c(O)c(Cl)ccc4c3c(=O)n2Cc2cnco2)cc1C1CCCC1. The lowest BCUT2D eigenvalue weighted by molar-refractivity contribution is 0.405. The van der Waals surface area contributed by atoms with E-state index in [0.717, 1.165) is 42.6 Å². The van der Waals surface area contributed by atoms with Crippen molar-refractivity contribution in [2.24, 2.45) is 0 Å². The Morgan fingerprint density at radius 2 is 1.95 bits per heavy atom. The quantitative estimate of drug-likeness (QED) is 0.241. The molecule has 0 saturated heterocycles. The summed E-state index contributed by atoms with van der Waals surface area (Å²) in [5, 5.41) is 12.0. The van der Waals surface area contributed by atoms with Crippen molar-refractivity contribution in [3.8, 4) is 22.9 Å². The van der Waals surface area contributed by atoms with Gasteiger partial charge in [0.15, 0.2) is 12.1 Å². The minimum Gasteiger partial charge on any atom is -0.505 e. The highest BCUT2D eigenvalue weighted by Gasteiger charge is 2.32. The number of hydrogen-bond acceptors (Lipinski definition) is 7. The highest BCUT2D eigenvalue weighted by atomic mass is 35.5. The number of benzene rings is 2. The molecule has 2 saturated carbocycles. The van der Waals surface area contributed by atoms with E-state index in [1.807, 2.05) is 0 Å². The fraction of sp³-hybridized carbons (Fsp3) is 0.345. The number of nitrogens with zero attached hydrogens (tertiary/aromatic N) is 3. The molecule has 0 atom stereocenters. The lowest BCUT2D eigenvalue weighted by atomic mass is 9.90. The van der Waals surface area contributed by atoms with Gasteiger partial charge in [-0.2, -0.15) is 0 Å². The third-order valence-electron chi connectivity index (χ3n) is 7.94. The summed E-state index contributed by atoms with van der Waals surface area (Å²) in [6, 6.07) is 7.78. The van der Waals surface area contributed by atoms with Crippen molar-refractivity contribution in [2.45, 2.75) is 56.9 Å². The number of halogens is 1. The van der Waals surface area contributed by atoms with E-state index in [9.17, 15) is 9.90 Å². The van der Waals surface area contributed by atoms with Crippen LogP contribution in [0, 0.1) is 0 Å². The van der Waals surface area contributed by atoms with Gasteiger partial charge in [-0.05, 0) is 66.8 Å². The van der Waals surface area contributed by atoms with E-state index in [0.29, 0.717) is 43.7 Å². The second kappa shape index (κ2) is 9.13. The summed E-state index contributed by atoms with van der Waals surface area (Å²) >= 11 is 7.49. The number of hydrogen-bond donors (Lipinski definition) is 1. The van der Waals surface area contributed by atoms with Gasteiger partial charge in [0.05, 0.1) is 35.0 Å². The van der Waals surface area contributed by atoms with Gasteiger partial charge in [0.2, 0.25) is 0 Å². The van der Waals surface area contributed by atoms with Crippen LogP contribution in [0.5, 0.6) is 11.5 Å². The van der Waals surface area contributed by atoms with Crippen molar-refractivity contribution in [3.63, 3.8) is 0 Å². The maximum Gasteiger partial charge on any atom is 0.263 e. The van der Waals surface area contributed by atoms with Gasteiger partial charge in [-0.1, -0.05) is 30.5 Å². The predicted octanol–water partition coefficient (Wildman–Crippen LogP) is 7.22. The first kappa shape index (κ1) is 23.7. The summed E-state index contributed by atoms with van der Waals surface area (Å²) in [5.41, 5.74) is 3.13. The second-order valence-corrected chi connectivity index (χ2v) is 11.7. The first-order chi connectivity index (χ1) is 18.5. The standard InChI is InChI=1S/C29H26ClN3O4S/c1-36-23-11-19(16-6-7-16)21(10-20(23)15-4-2-3-5-15)27-32-28-24(18-8-9-22(30)25(34)26(18)38-28)29(35)33(27)13-17-12-31-14-37-17/h8-12,14-16,34H,2-7,13H2,1H3. The molecule has 1 N–H and O–H groups in total. The van der Waals surface area contributed by atoms with E-state index in [2.05, 4.69) is 17.1 Å². The summed E-state index contributed by atoms with van der Waals surface area (Å²) in [6.45, 7) is 0.197. The van der Waals surface area contributed by atoms with Gasteiger partial charge < -0.3 is 14.3 Å². The van der Waals surface area contributed by atoms with E-state index in [1.165, 1.54) is 36.1 Å². The monoisotopic (exact) mass is 547 g/mol. The van der Waals surface area contributed by atoms with Crippen molar-refractivity contribution in [3.05, 3.63) is 69.1 Å². The zero-order valence-corrected chi connectivity index (χ0v) is 22.4. The van der Waals surface area contributed by atoms with Crippen LogP contribution in [0.15, 0.2) is 46.1 Å². The molecule has 0 spiro atoms. The van der Waals surface area contributed by atoms with Crippen LogP contribution in [0.1, 0.15) is 67.2 Å². The maximum absolute atomic E-state index is 14.2. The van der Waals surface area contributed by atoms with Crippen molar-refractivity contribution in [1.29, 1.82) is 0 Å². The smallest absolute Gasteiger partial charge is 0.263 e. The molecule has 2 aliphatic carbocycles. The first-order valence-corrected chi connectivity index (χ1v) is 14.2. The second-order valence-electron chi connectivity index (χ2n) is 10.3. The Morgan fingerprint density at radius 1 is 1.16 bits per heavy atom. The molecule has 7 rings (SSSR count). The molecule has 7 nitrogen and oxygen atoms in total. The fourth-order valence-corrected chi connectivity index (χ4v) is 7.21. The Labute approximate surface area is 227 Å². The number of aromatic nitrogens is 3. The van der Waals surface area contributed by atoms with Crippen LogP contribution in [-0.4, -0.2) is 26.8 Å². The van der Waals surface area contributed by atoms with Crippen molar-refractivity contribution >= 4 is 43.2 Å². The van der Waals surface area contributed by atoms with Gasteiger partial charge in [0, 0.05) is 10.9 Å². The Morgan fingerprint density at radius 3 is 2.66 bits per heavy atom. The maximum atomic E-state index is 14.2. The van der Waals surface area contributed by atoms with Crippen LogP contribution < -0.4 is 10.3 Å². The third-order valence-corrected chi connectivity index (χ3v) is 9.35. The molecule has 0 unspecified atom stereocenters. The van der Waals surface area contributed by atoms with Crippen LogP contribution in [0.4, 0.5) is 0 Å². The molecule has 2 aliphatic rings. The molecule has 38 heavy (non-hydrogen) atoms. The van der Waals surface area contributed by atoms with Gasteiger partial charge in [0.1, 0.15) is 22.2 Å². The Kier molecular flexibility index (Phi) is 5.70. The summed E-state index contributed by atoms with van der Waals surface area (Å²) in [7, 11) is 1.74. The fourth-order valence-electron chi connectivity index (χ4n) is 5.88. The molecule has 5 aromatic rings. The number of rotatable bonds is 6. The largest absolute Gasteiger partial charge is 0.505 e. The Hall–Kier alpha value is -3.36. The number of thiophene rings is 1. The molecule has 0 amide bonds. The molecule has 9 heteroatoms. The lowest BCUT2D eigenvalue weighted by Gasteiger charge is -2.21. The van der Waals surface area contributed by atoms with Crippen molar-refractivity contribution < 1.29 is 14.3 Å². The molecule has 2 fully saturated rings. The van der Waals surface area contributed by atoms with Gasteiger partial charge in [-0.3, -0.25) is 9.36 Å². The van der Waals surface area contributed by atoms with Gasteiger partial charge >= 0.3 is 0 Å². The number of methoxy groups -OCH3 is 1. The summed E-state index contributed by atoms with van der Waals surface area (Å²) in [5.74, 6) is 2.90. The van der Waals surface area contributed by atoms with Gasteiger partial charge in [-0.25, -0.2) is 9.97 Å². The molecular weight excluding hydrogens is 522 g/mol. The highest BCUT2D eigenvalue weighted by molar-refractivity contribution is 7.25. The molecule has 2 aromatic carbocycles. The van der Waals surface area contributed by atoms with Gasteiger partial charge in [0.25, 0.3) is 5.56 Å². The van der Waals surface area contributed by atoms with E-state index in [4.69, 9.17) is 25.7 Å². The Bertz CT molecular complexity index is 1750. The minimum atomic E-state index is -0.186. The Balaban J connectivity index is 1.54. The molecule has 3 aromatic heterocycles. The van der Waals surface area contributed by atoms with Crippen LogP contribution in [-0.2, 0) is 6.54 Å². The average molecular weight is 548 g/mol. The van der Waals surface area contributed by atoms with Crippen LogP contribution in [0.25, 0.3) is 31.7 Å². The zero-order valence-electron chi connectivity index (χ0n) is 20.9. The molecular formula is C29H26ClN3O4S.